The van der Waals surface area contributed by atoms with Crippen LogP contribution in [0.25, 0.3) is 0 Å². The van der Waals surface area contributed by atoms with Gasteiger partial charge in [0.2, 0.25) is 0 Å². The van der Waals surface area contributed by atoms with Crippen LogP contribution in [0.1, 0.15) is 38.2 Å². The quantitative estimate of drug-likeness (QED) is 0.766. The second kappa shape index (κ2) is 6.25. The van der Waals surface area contributed by atoms with Crippen molar-refractivity contribution in [1.29, 1.82) is 0 Å². The first-order valence-corrected chi connectivity index (χ1v) is 7.34. The molecule has 1 aliphatic carbocycles. The average molecular weight is 306 g/mol. The highest BCUT2D eigenvalue weighted by molar-refractivity contribution is 6.33. The highest BCUT2D eigenvalue weighted by atomic mass is 35.5. The van der Waals surface area contributed by atoms with Crippen LogP contribution in [0.2, 0.25) is 5.02 Å². The number of benzene rings is 1. The van der Waals surface area contributed by atoms with Crippen LogP contribution < -0.4 is 5.32 Å². The molecular formula is C15H19ClF3N. The zero-order valence-electron chi connectivity index (χ0n) is 11.4. The first-order chi connectivity index (χ1) is 9.36. The van der Waals surface area contributed by atoms with Crippen molar-refractivity contribution in [2.24, 2.45) is 11.8 Å². The number of nitrogens with one attached hydrogen (secondary N) is 1. The highest BCUT2D eigenvalue weighted by Gasteiger charge is 2.31. The average Bonchev–Trinajstić information content (AvgIpc) is 2.38. The molecular weight excluding hydrogens is 287 g/mol. The summed E-state index contributed by atoms with van der Waals surface area (Å²) in [6, 6.07) is 3.40. The number of halogens is 4. The number of anilines is 1. The molecule has 0 aliphatic heterocycles. The van der Waals surface area contributed by atoms with Gasteiger partial charge in [0.1, 0.15) is 0 Å². The predicted molar refractivity (Wildman–Crippen MR) is 76.1 cm³/mol. The van der Waals surface area contributed by atoms with Gasteiger partial charge >= 0.3 is 6.18 Å². The van der Waals surface area contributed by atoms with E-state index in [1.807, 2.05) is 0 Å². The molecule has 5 heteroatoms. The number of rotatable bonds is 3. The Balaban J connectivity index is 1.98. The smallest absolute Gasteiger partial charge is 0.384 e. The first kappa shape index (κ1) is 15.5. The minimum Gasteiger partial charge on any atom is -0.384 e. The molecule has 0 spiro atoms. The first-order valence-electron chi connectivity index (χ1n) is 6.97. The molecule has 1 fully saturated rings. The Kier molecular flexibility index (Phi) is 4.84. The molecule has 1 aromatic carbocycles. The van der Waals surface area contributed by atoms with Crippen molar-refractivity contribution >= 4 is 17.3 Å². The summed E-state index contributed by atoms with van der Waals surface area (Å²) in [6.07, 6.45) is 0.322. The Morgan fingerprint density at radius 2 is 1.85 bits per heavy atom. The molecule has 2 rings (SSSR count). The summed E-state index contributed by atoms with van der Waals surface area (Å²) in [5.74, 6) is 1.29. The van der Waals surface area contributed by atoms with E-state index in [1.165, 1.54) is 18.9 Å². The molecule has 0 saturated heterocycles. The minimum atomic E-state index is -4.33. The van der Waals surface area contributed by atoms with E-state index in [2.05, 4.69) is 12.2 Å². The molecule has 1 saturated carbocycles. The molecule has 0 amide bonds. The summed E-state index contributed by atoms with van der Waals surface area (Å²) in [7, 11) is 0. The van der Waals surface area contributed by atoms with E-state index in [0.717, 1.165) is 30.9 Å². The van der Waals surface area contributed by atoms with E-state index in [4.69, 9.17) is 11.6 Å². The van der Waals surface area contributed by atoms with Crippen LogP contribution in [0, 0.1) is 11.8 Å². The zero-order chi connectivity index (χ0) is 14.8. The summed E-state index contributed by atoms with van der Waals surface area (Å²) < 4.78 is 38.0. The van der Waals surface area contributed by atoms with Crippen molar-refractivity contribution in [1.82, 2.24) is 0 Å². The lowest BCUT2D eigenvalue weighted by molar-refractivity contribution is -0.137. The van der Waals surface area contributed by atoms with Crippen molar-refractivity contribution in [3.63, 3.8) is 0 Å². The Labute approximate surface area is 122 Å². The van der Waals surface area contributed by atoms with Crippen molar-refractivity contribution in [3.05, 3.63) is 28.8 Å². The normalized spacial score (nSPS) is 23.6. The van der Waals surface area contributed by atoms with Crippen LogP contribution in [-0.2, 0) is 6.18 Å². The van der Waals surface area contributed by atoms with Gasteiger partial charge in [-0.2, -0.15) is 13.2 Å². The topological polar surface area (TPSA) is 12.0 Å². The third kappa shape index (κ3) is 4.05. The van der Waals surface area contributed by atoms with Crippen molar-refractivity contribution in [3.8, 4) is 0 Å². The van der Waals surface area contributed by atoms with Gasteiger partial charge in [-0.15, -0.1) is 0 Å². The second-order valence-corrected chi connectivity index (χ2v) is 6.11. The number of hydrogen-bond donors (Lipinski definition) is 1. The van der Waals surface area contributed by atoms with Gasteiger partial charge in [-0.25, -0.2) is 0 Å². The fourth-order valence-electron chi connectivity index (χ4n) is 2.62. The van der Waals surface area contributed by atoms with E-state index in [0.29, 0.717) is 23.2 Å². The molecule has 0 unspecified atom stereocenters. The van der Waals surface area contributed by atoms with Crippen LogP contribution in [0.15, 0.2) is 18.2 Å². The molecule has 0 radical (unpaired) electrons. The zero-order valence-corrected chi connectivity index (χ0v) is 12.2. The molecule has 1 N–H and O–H groups in total. The Morgan fingerprint density at radius 1 is 1.20 bits per heavy atom. The van der Waals surface area contributed by atoms with Crippen LogP contribution >= 0.6 is 11.6 Å². The molecule has 1 aromatic rings. The van der Waals surface area contributed by atoms with E-state index in [9.17, 15) is 13.2 Å². The van der Waals surface area contributed by atoms with Gasteiger partial charge in [0.15, 0.2) is 0 Å². The highest BCUT2D eigenvalue weighted by Crippen LogP contribution is 2.34. The lowest BCUT2D eigenvalue weighted by Gasteiger charge is -2.26. The van der Waals surface area contributed by atoms with Gasteiger partial charge < -0.3 is 5.32 Å². The van der Waals surface area contributed by atoms with E-state index in [1.54, 1.807) is 0 Å². The summed E-state index contributed by atoms with van der Waals surface area (Å²) in [6.45, 7) is 2.93. The molecule has 0 bridgehead atoms. The maximum Gasteiger partial charge on any atom is 0.416 e. The van der Waals surface area contributed by atoms with E-state index < -0.39 is 11.7 Å². The fourth-order valence-corrected chi connectivity index (χ4v) is 2.81. The van der Waals surface area contributed by atoms with Crippen molar-refractivity contribution in [2.75, 3.05) is 11.9 Å². The molecule has 0 heterocycles. The largest absolute Gasteiger partial charge is 0.416 e. The molecule has 0 aromatic heterocycles. The van der Waals surface area contributed by atoms with Gasteiger partial charge in [-0.1, -0.05) is 31.4 Å². The summed E-state index contributed by atoms with van der Waals surface area (Å²) in [5.41, 5.74) is -0.290. The molecule has 1 nitrogen and oxygen atoms in total. The van der Waals surface area contributed by atoms with Crippen LogP contribution in [0.4, 0.5) is 18.9 Å². The summed E-state index contributed by atoms with van der Waals surface area (Å²) in [5, 5.41) is 3.41. The maximum atomic E-state index is 12.7. The number of hydrogen-bond acceptors (Lipinski definition) is 1. The van der Waals surface area contributed by atoms with E-state index in [-0.39, 0.29) is 0 Å². The van der Waals surface area contributed by atoms with Crippen LogP contribution in [0.3, 0.4) is 0 Å². The van der Waals surface area contributed by atoms with Gasteiger partial charge in [0.25, 0.3) is 0 Å². The van der Waals surface area contributed by atoms with Gasteiger partial charge in [-0.05, 0) is 42.9 Å². The summed E-state index contributed by atoms with van der Waals surface area (Å²) in [4.78, 5) is 0. The molecule has 112 valence electrons. The molecule has 20 heavy (non-hydrogen) atoms. The number of alkyl halides is 3. The van der Waals surface area contributed by atoms with Gasteiger partial charge in [0, 0.05) is 6.54 Å². The van der Waals surface area contributed by atoms with Crippen molar-refractivity contribution in [2.45, 2.75) is 38.8 Å². The SMILES string of the molecule is CC1CCC(CNc2cc(C(F)(F)F)ccc2Cl)CC1. The van der Waals surface area contributed by atoms with Gasteiger partial charge in [0.05, 0.1) is 16.3 Å². The molecule has 1 aliphatic rings. The fraction of sp³-hybridized carbons (Fsp3) is 0.600. The monoisotopic (exact) mass is 305 g/mol. The lowest BCUT2D eigenvalue weighted by atomic mass is 9.83. The maximum absolute atomic E-state index is 12.7. The Bertz CT molecular complexity index is 451. The predicted octanol–water partition coefficient (Wildman–Crippen LogP) is 5.60. The van der Waals surface area contributed by atoms with Crippen molar-refractivity contribution < 1.29 is 13.2 Å². The third-order valence-corrected chi connectivity index (χ3v) is 4.34. The third-order valence-electron chi connectivity index (χ3n) is 4.01. The Hall–Kier alpha value is -0.900. The van der Waals surface area contributed by atoms with Crippen LogP contribution in [-0.4, -0.2) is 6.54 Å². The minimum absolute atomic E-state index is 0.335. The standard InChI is InChI=1S/C15H19ClF3N/c1-10-2-4-11(5-3-10)9-20-14-8-12(15(17,18)19)6-7-13(14)16/h6-8,10-11,20H,2-5,9H2,1H3. The molecule has 0 atom stereocenters. The van der Waals surface area contributed by atoms with E-state index >= 15 is 0 Å². The lowest BCUT2D eigenvalue weighted by Crippen LogP contribution is -2.20. The van der Waals surface area contributed by atoms with Crippen LogP contribution in [0.5, 0.6) is 0 Å². The Morgan fingerprint density at radius 3 is 2.45 bits per heavy atom. The summed E-state index contributed by atoms with van der Waals surface area (Å²) >= 11 is 5.96. The van der Waals surface area contributed by atoms with Gasteiger partial charge in [-0.3, -0.25) is 0 Å². The second-order valence-electron chi connectivity index (χ2n) is 5.70.